The van der Waals surface area contributed by atoms with Crippen LogP contribution in [0.1, 0.15) is 66.0 Å². The monoisotopic (exact) mass is 674 g/mol. The van der Waals surface area contributed by atoms with E-state index in [1.807, 2.05) is 64.1 Å². The van der Waals surface area contributed by atoms with Crippen LogP contribution >= 0.6 is 0 Å². The summed E-state index contributed by atoms with van der Waals surface area (Å²) >= 11 is 0. The van der Waals surface area contributed by atoms with Crippen LogP contribution in [-0.2, 0) is 22.4 Å². The number of anilines is 2. The van der Waals surface area contributed by atoms with Gasteiger partial charge in [0.15, 0.2) is 5.65 Å². The molecule has 0 spiro atoms. The second-order valence-corrected chi connectivity index (χ2v) is 14.4. The highest BCUT2D eigenvalue weighted by molar-refractivity contribution is 5.88. The van der Waals surface area contributed by atoms with Gasteiger partial charge in [-0.2, -0.15) is 9.61 Å². The standard InChI is InChI=1S/C37H47FN6O5/c1-8-24-21-40-44-32(19-31(41-33(24)44)39-20-27-16-17-42(23-30(27)45)34(46)48-36(2,3)4)43(35(47)49-37(5,6)7)22-28-15-14-26(18-29(28)38)25-12-10-9-11-13-25/h9-15,18-19,21,27,30,45H,8,16-17,20,22-23H2,1-7H3,(H,39,41)/t27-,30+/m1/s1. The van der Waals surface area contributed by atoms with Crippen molar-refractivity contribution in [1.82, 2.24) is 19.5 Å². The third-order valence-electron chi connectivity index (χ3n) is 8.20. The van der Waals surface area contributed by atoms with Crippen molar-refractivity contribution in [2.75, 3.05) is 29.9 Å². The van der Waals surface area contributed by atoms with Gasteiger partial charge in [0.1, 0.15) is 28.7 Å². The average molecular weight is 675 g/mol. The van der Waals surface area contributed by atoms with Crippen molar-refractivity contribution < 1.29 is 28.6 Å². The zero-order valence-corrected chi connectivity index (χ0v) is 29.4. The molecule has 5 rings (SSSR count). The largest absolute Gasteiger partial charge is 0.444 e. The highest BCUT2D eigenvalue weighted by Crippen LogP contribution is 2.29. The van der Waals surface area contributed by atoms with Gasteiger partial charge in [0.25, 0.3) is 0 Å². The highest BCUT2D eigenvalue weighted by atomic mass is 19.1. The molecule has 2 N–H and O–H groups in total. The van der Waals surface area contributed by atoms with Crippen LogP contribution in [-0.4, -0.2) is 73.7 Å². The van der Waals surface area contributed by atoms with E-state index in [0.29, 0.717) is 48.8 Å². The van der Waals surface area contributed by atoms with Crippen LogP contribution in [0.2, 0.25) is 0 Å². The predicted molar refractivity (Wildman–Crippen MR) is 187 cm³/mol. The van der Waals surface area contributed by atoms with Gasteiger partial charge in [0, 0.05) is 36.2 Å². The number of halogens is 1. The van der Waals surface area contributed by atoms with Crippen molar-refractivity contribution in [3.63, 3.8) is 0 Å². The molecule has 1 aliphatic rings. The van der Waals surface area contributed by atoms with Crippen LogP contribution in [0.4, 0.5) is 25.6 Å². The Balaban J connectivity index is 1.44. The molecule has 0 aliphatic carbocycles. The predicted octanol–water partition coefficient (Wildman–Crippen LogP) is 7.07. The average Bonchev–Trinajstić information content (AvgIpc) is 3.45. The maximum atomic E-state index is 15.7. The lowest BCUT2D eigenvalue weighted by Gasteiger charge is -2.36. The molecule has 49 heavy (non-hydrogen) atoms. The number of nitrogens with one attached hydrogen (secondary N) is 1. The van der Waals surface area contributed by atoms with E-state index in [0.717, 1.165) is 16.7 Å². The van der Waals surface area contributed by atoms with E-state index in [9.17, 15) is 14.7 Å². The van der Waals surface area contributed by atoms with Crippen LogP contribution in [0.5, 0.6) is 0 Å². The molecule has 1 fully saturated rings. The quantitative estimate of drug-likeness (QED) is 0.204. The number of amides is 2. The molecule has 262 valence electrons. The molecule has 0 unspecified atom stereocenters. The first-order valence-electron chi connectivity index (χ1n) is 16.7. The van der Waals surface area contributed by atoms with Crippen LogP contribution in [0.25, 0.3) is 16.8 Å². The number of aliphatic hydroxyl groups excluding tert-OH is 1. The molecular formula is C37H47FN6O5. The van der Waals surface area contributed by atoms with Crippen molar-refractivity contribution in [1.29, 1.82) is 0 Å². The number of hydrogen-bond donors (Lipinski definition) is 2. The fourth-order valence-electron chi connectivity index (χ4n) is 5.68. The molecule has 0 bridgehead atoms. The summed E-state index contributed by atoms with van der Waals surface area (Å²) in [6.07, 6.45) is 1.000. The van der Waals surface area contributed by atoms with E-state index in [1.54, 1.807) is 43.6 Å². The molecule has 2 aromatic heterocycles. The van der Waals surface area contributed by atoms with E-state index in [4.69, 9.17) is 14.5 Å². The minimum atomic E-state index is -0.818. The van der Waals surface area contributed by atoms with Gasteiger partial charge < -0.3 is 24.8 Å². The molecule has 0 saturated carbocycles. The van der Waals surface area contributed by atoms with Crippen LogP contribution in [0, 0.1) is 11.7 Å². The Morgan fingerprint density at radius 3 is 2.35 bits per heavy atom. The Hall–Kier alpha value is -4.71. The lowest BCUT2D eigenvalue weighted by atomic mass is 9.94. The Kier molecular flexibility index (Phi) is 10.5. The summed E-state index contributed by atoms with van der Waals surface area (Å²) < 4.78 is 28.6. The Morgan fingerprint density at radius 1 is 1.00 bits per heavy atom. The summed E-state index contributed by atoms with van der Waals surface area (Å²) in [5.41, 5.74) is 1.86. The molecule has 0 radical (unpaired) electrons. The zero-order chi connectivity index (χ0) is 35.5. The molecule has 12 heteroatoms. The number of benzene rings is 2. The molecular weight excluding hydrogens is 627 g/mol. The maximum absolute atomic E-state index is 15.7. The molecule has 2 aromatic carbocycles. The number of aryl methyl sites for hydroxylation is 1. The number of aromatic nitrogens is 3. The SMILES string of the molecule is CCc1cnn2c(N(Cc3ccc(-c4ccccc4)cc3F)C(=O)OC(C)(C)C)cc(NC[C@H]3CCN(C(=O)OC(C)(C)C)C[C@@H]3O)nc12. The third kappa shape index (κ3) is 8.86. The van der Waals surface area contributed by atoms with Crippen LogP contribution < -0.4 is 10.2 Å². The fraction of sp³-hybridized carbons (Fsp3) is 0.459. The first kappa shape index (κ1) is 35.6. The van der Waals surface area contributed by atoms with Gasteiger partial charge in [-0.15, -0.1) is 0 Å². The zero-order valence-electron chi connectivity index (χ0n) is 29.4. The van der Waals surface area contributed by atoms with Crippen LogP contribution in [0.3, 0.4) is 0 Å². The van der Waals surface area contributed by atoms with E-state index >= 15 is 4.39 Å². The Morgan fingerprint density at radius 2 is 1.71 bits per heavy atom. The van der Waals surface area contributed by atoms with Gasteiger partial charge in [-0.25, -0.2) is 19.0 Å². The second kappa shape index (κ2) is 14.4. The lowest BCUT2D eigenvalue weighted by Crippen LogP contribution is -2.49. The second-order valence-electron chi connectivity index (χ2n) is 14.4. The molecule has 2 atom stereocenters. The van der Waals surface area contributed by atoms with Gasteiger partial charge >= 0.3 is 12.2 Å². The van der Waals surface area contributed by atoms with Crippen molar-refractivity contribution in [3.05, 3.63) is 77.7 Å². The fourth-order valence-corrected chi connectivity index (χ4v) is 5.68. The van der Waals surface area contributed by atoms with Gasteiger partial charge in [-0.05, 0) is 71.6 Å². The van der Waals surface area contributed by atoms with E-state index in [1.165, 1.54) is 15.9 Å². The molecule has 1 aliphatic heterocycles. The topological polar surface area (TPSA) is 122 Å². The Labute approximate surface area is 287 Å². The van der Waals surface area contributed by atoms with Gasteiger partial charge in [0.2, 0.25) is 0 Å². The van der Waals surface area contributed by atoms with Crippen molar-refractivity contribution in [2.45, 2.75) is 85.2 Å². The van der Waals surface area contributed by atoms with Crippen LogP contribution in [0.15, 0.2) is 60.8 Å². The third-order valence-corrected chi connectivity index (χ3v) is 8.20. The smallest absolute Gasteiger partial charge is 0.416 e. The Bertz CT molecular complexity index is 1780. The molecule has 3 heterocycles. The normalized spacial score (nSPS) is 16.8. The summed E-state index contributed by atoms with van der Waals surface area (Å²) in [7, 11) is 0. The molecule has 2 amide bonds. The van der Waals surface area contributed by atoms with E-state index in [-0.39, 0.29) is 19.0 Å². The lowest BCUT2D eigenvalue weighted by molar-refractivity contribution is -0.0104. The van der Waals surface area contributed by atoms with Gasteiger partial charge in [-0.1, -0.05) is 49.4 Å². The number of carbonyl (C=O) groups is 2. The van der Waals surface area contributed by atoms with Gasteiger partial charge in [-0.3, -0.25) is 4.90 Å². The number of nitrogens with zero attached hydrogens (tertiary/aromatic N) is 5. The highest BCUT2D eigenvalue weighted by Gasteiger charge is 2.33. The molecule has 1 saturated heterocycles. The number of rotatable bonds is 8. The number of fused-ring (bicyclic) bond motifs is 1. The minimum absolute atomic E-state index is 0.127. The number of ether oxygens (including phenoxy) is 2. The number of likely N-dealkylation sites (tertiary alicyclic amines) is 1. The number of aliphatic hydroxyl groups is 1. The summed E-state index contributed by atoms with van der Waals surface area (Å²) in [6.45, 7) is 13.6. The van der Waals surface area contributed by atoms with Gasteiger partial charge in [0.05, 0.1) is 25.4 Å². The first-order chi connectivity index (χ1) is 23.1. The van der Waals surface area contributed by atoms with Crippen molar-refractivity contribution in [2.24, 2.45) is 5.92 Å². The first-order valence-corrected chi connectivity index (χ1v) is 16.7. The maximum Gasteiger partial charge on any atom is 0.416 e. The summed E-state index contributed by atoms with van der Waals surface area (Å²) in [5, 5.41) is 18.9. The molecule has 4 aromatic rings. The summed E-state index contributed by atoms with van der Waals surface area (Å²) in [6, 6.07) is 16.2. The number of carbonyl (C=O) groups excluding carboxylic acids is 2. The number of piperidine rings is 1. The van der Waals surface area contributed by atoms with E-state index < -0.39 is 35.3 Å². The van der Waals surface area contributed by atoms with Crippen molar-refractivity contribution >= 4 is 29.5 Å². The summed E-state index contributed by atoms with van der Waals surface area (Å²) in [5.74, 6) is 0.163. The summed E-state index contributed by atoms with van der Waals surface area (Å²) in [4.78, 5) is 34.1. The van der Waals surface area contributed by atoms with Crippen molar-refractivity contribution in [3.8, 4) is 11.1 Å². The van der Waals surface area contributed by atoms with E-state index in [2.05, 4.69) is 10.4 Å². The minimum Gasteiger partial charge on any atom is -0.444 e. The number of hydrogen-bond acceptors (Lipinski definition) is 8. The number of β-amino-alcohol motifs (C(OH)–C–C–N with tert-alkyl or cyclic N) is 1. The molecule has 11 nitrogen and oxygen atoms in total.